The van der Waals surface area contributed by atoms with E-state index in [4.69, 9.17) is 0 Å². The minimum Gasteiger partial charge on any atom is -0.269 e. The summed E-state index contributed by atoms with van der Waals surface area (Å²) in [6, 6.07) is 0. The van der Waals surface area contributed by atoms with Crippen molar-refractivity contribution in [2.24, 2.45) is 5.41 Å². The Morgan fingerprint density at radius 2 is 1.29 bits per heavy atom. The smallest absolute Gasteiger partial charge is 0 e. The number of hydrogen-bond acceptors (Lipinski definition) is 0. The Hall–Kier alpha value is 0.140. The first-order chi connectivity index (χ1) is 4.45. The van der Waals surface area contributed by atoms with Gasteiger partial charge in [0.05, 0.1) is 0 Å². The second kappa shape index (κ2) is 7.43. The molecular weight excluding hydrogens is 356 g/mol. The molecule has 0 saturated heterocycles. The zero-order valence-corrected chi connectivity index (χ0v) is 12.8. The maximum absolute atomic E-state index is 3.44. The van der Waals surface area contributed by atoms with Gasteiger partial charge in [-0.15, -0.1) is 6.92 Å². The van der Waals surface area contributed by atoms with Crippen molar-refractivity contribution in [1.82, 2.24) is 0 Å². The van der Waals surface area contributed by atoms with Crippen molar-refractivity contribution in [1.29, 1.82) is 0 Å². The molecule has 0 fully saturated rings. The molecule has 1 aliphatic rings. The number of halogens is 3. The van der Waals surface area contributed by atoms with Crippen LogP contribution < -0.4 is 0 Å². The molecule has 0 spiro atoms. The molecule has 14 heavy (non-hydrogen) atoms. The third kappa shape index (κ3) is 4.11. The molecule has 0 aromatic heterocycles. The van der Waals surface area contributed by atoms with Crippen molar-refractivity contribution >= 4 is 0 Å². The zero-order chi connectivity index (χ0) is 7.94. The summed E-state index contributed by atoms with van der Waals surface area (Å²) in [6.07, 6.45) is 3.44. The Bertz CT molecular complexity index is 230. The molecule has 0 bridgehead atoms. The van der Waals surface area contributed by atoms with Crippen LogP contribution in [0.3, 0.4) is 0 Å². The number of allylic oxidation sites excluding steroid dienone is 4. The summed E-state index contributed by atoms with van der Waals surface area (Å²) in [5.41, 5.74) is 4.39. The van der Waals surface area contributed by atoms with Gasteiger partial charge in [0.25, 0.3) is 0 Å². The first kappa shape index (κ1) is 23.7. The van der Waals surface area contributed by atoms with E-state index in [-0.39, 0.29) is 45.4 Å². The van der Waals surface area contributed by atoms with E-state index in [0.29, 0.717) is 0 Å². The first-order valence-corrected chi connectivity index (χ1v) is 3.75. The Labute approximate surface area is 103 Å². The van der Waals surface area contributed by atoms with Gasteiger partial charge in [-0.3, -0.25) is 20.2 Å². The van der Waals surface area contributed by atoms with Gasteiger partial charge < -0.3 is 0 Å². The summed E-state index contributed by atoms with van der Waals surface area (Å²) in [4.78, 5) is 0. The fourth-order valence-corrected chi connectivity index (χ4v) is 1.41. The van der Waals surface area contributed by atoms with E-state index in [9.17, 15) is 0 Å². The Morgan fingerprint density at radius 1 is 0.929 bits per heavy atom. The van der Waals surface area contributed by atoms with Gasteiger partial charge in [-0.05, 0) is 0 Å². The summed E-state index contributed by atoms with van der Waals surface area (Å²) in [5.74, 6) is 0. The molecule has 1 rings (SSSR count). The molecule has 0 radical (unpaired) electrons. The topological polar surface area (TPSA) is 0 Å². The zero-order valence-electron chi connectivity index (χ0n) is 9.22. The van der Waals surface area contributed by atoms with Crippen LogP contribution in [0.25, 0.3) is 0 Å². The third-order valence-corrected chi connectivity index (χ3v) is 2.56. The van der Waals surface area contributed by atoms with Crippen LogP contribution in [0.15, 0.2) is 16.7 Å². The summed E-state index contributed by atoms with van der Waals surface area (Å²) in [6.45, 7) is 10.9. The molecule has 0 nitrogen and oxygen atoms in total. The molecule has 0 aromatic rings. The van der Waals surface area contributed by atoms with Gasteiger partial charge in [0.1, 0.15) is 0 Å². The molecule has 0 aromatic carbocycles. The van der Waals surface area contributed by atoms with Gasteiger partial charge in [-0.2, -0.15) is 11.1 Å². The van der Waals surface area contributed by atoms with E-state index in [1.165, 1.54) is 16.7 Å². The van der Waals surface area contributed by atoms with Gasteiger partial charge in [0.15, 0.2) is 0 Å². The Balaban J connectivity index is -0.000000125. The van der Waals surface area contributed by atoms with Crippen molar-refractivity contribution in [2.75, 3.05) is 0 Å². The molecule has 0 unspecified atom stereocenters. The quantitative estimate of drug-likeness (QED) is 0.450. The van der Waals surface area contributed by atoms with E-state index < -0.39 is 0 Å². The monoisotopic (exact) mass is 375 g/mol. The van der Waals surface area contributed by atoms with Gasteiger partial charge in [0, 0.05) is 25.8 Å². The standard InChI is InChI=1S/C10H15.3FH.Hf/c1-7-6-10(4,5)9(3)8(7)2;;;;/h1-5H3;3*1H;/q-1;;;;. The number of hydrogen-bond donors (Lipinski definition) is 0. The molecule has 0 aliphatic heterocycles. The summed E-state index contributed by atoms with van der Waals surface area (Å²) in [7, 11) is 0. The fourth-order valence-electron chi connectivity index (χ4n) is 1.41. The van der Waals surface area contributed by atoms with Crippen LogP contribution in [0.5, 0.6) is 0 Å². The minimum atomic E-state index is 0. The third-order valence-electron chi connectivity index (χ3n) is 2.56. The second-order valence-electron chi connectivity index (χ2n) is 3.62. The van der Waals surface area contributed by atoms with E-state index in [1.807, 2.05) is 0 Å². The van der Waals surface area contributed by atoms with Crippen LogP contribution in [-0.4, -0.2) is 0 Å². The first-order valence-electron chi connectivity index (χ1n) is 3.75. The molecule has 0 atom stereocenters. The second-order valence-corrected chi connectivity index (χ2v) is 3.62. The summed E-state index contributed by atoms with van der Waals surface area (Å²) < 4.78 is 0. The van der Waals surface area contributed by atoms with Crippen molar-refractivity contribution in [3.8, 4) is 0 Å². The van der Waals surface area contributed by atoms with Crippen LogP contribution in [0.1, 0.15) is 34.6 Å². The van der Waals surface area contributed by atoms with E-state index in [0.717, 1.165) is 0 Å². The van der Waals surface area contributed by atoms with Gasteiger partial charge >= 0.3 is 0 Å². The van der Waals surface area contributed by atoms with E-state index in [1.54, 1.807) is 0 Å². The summed E-state index contributed by atoms with van der Waals surface area (Å²) >= 11 is 0. The molecular formula is C10H18F3Hf-. The normalized spacial score (nSPS) is 16.8. The average molecular weight is 374 g/mol. The van der Waals surface area contributed by atoms with Gasteiger partial charge in [-0.25, -0.2) is 5.57 Å². The minimum absolute atomic E-state index is 0. The molecule has 0 heterocycles. The van der Waals surface area contributed by atoms with Gasteiger partial charge in [0.2, 0.25) is 0 Å². The maximum Gasteiger partial charge on any atom is 0 e. The van der Waals surface area contributed by atoms with E-state index in [2.05, 4.69) is 40.7 Å². The van der Waals surface area contributed by atoms with E-state index >= 15 is 0 Å². The Kier molecular flexibility index (Phi) is 12.6. The SMILES string of the molecule is CC1=[C-]C(C)(C)C(C)=C1C.F.F.F.[Hf]. The largest absolute Gasteiger partial charge is 0.269 e. The van der Waals surface area contributed by atoms with Crippen molar-refractivity contribution in [2.45, 2.75) is 34.6 Å². The maximum atomic E-state index is 3.44. The molecule has 0 saturated carbocycles. The van der Waals surface area contributed by atoms with Crippen LogP contribution in [0, 0.1) is 11.5 Å². The molecule has 1 aliphatic carbocycles. The van der Waals surface area contributed by atoms with Crippen LogP contribution in [0.2, 0.25) is 0 Å². The number of rotatable bonds is 0. The molecule has 4 heteroatoms. The Morgan fingerprint density at radius 3 is 1.36 bits per heavy atom. The van der Waals surface area contributed by atoms with Crippen LogP contribution in [-0.2, 0) is 25.8 Å². The fraction of sp³-hybridized carbons (Fsp3) is 0.600. The van der Waals surface area contributed by atoms with Crippen molar-refractivity contribution in [3.05, 3.63) is 22.8 Å². The van der Waals surface area contributed by atoms with Crippen molar-refractivity contribution in [3.63, 3.8) is 0 Å². The summed E-state index contributed by atoms with van der Waals surface area (Å²) in [5, 5.41) is 0. The van der Waals surface area contributed by atoms with Crippen molar-refractivity contribution < 1.29 is 40.0 Å². The van der Waals surface area contributed by atoms with Crippen LogP contribution in [0.4, 0.5) is 14.1 Å². The average Bonchev–Trinajstić information content (AvgIpc) is 1.95. The molecule has 0 N–H and O–H groups in total. The molecule has 0 amide bonds. The van der Waals surface area contributed by atoms with Gasteiger partial charge in [-0.1, -0.05) is 33.1 Å². The molecule has 84 valence electrons. The van der Waals surface area contributed by atoms with Crippen LogP contribution >= 0.6 is 0 Å². The predicted molar refractivity (Wildman–Crippen MR) is 52.1 cm³/mol. The predicted octanol–water partition coefficient (Wildman–Crippen LogP) is 3.57.